The molecule has 0 aromatic heterocycles. The molecule has 2 nitrogen and oxygen atoms in total. The van der Waals surface area contributed by atoms with Gasteiger partial charge in [0.1, 0.15) is 0 Å². The summed E-state index contributed by atoms with van der Waals surface area (Å²) in [7, 11) is 0. The number of benzene rings is 1. The highest BCUT2D eigenvalue weighted by atomic mass is 32.1. The van der Waals surface area contributed by atoms with Crippen molar-refractivity contribution in [1.29, 1.82) is 0 Å². The van der Waals surface area contributed by atoms with Crippen LogP contribution >= 0.6 is 12.2 Å². The minimum absolute atomic E-state index is 0.0442. The Kier molecular flexibility index (Phi) is 3.86. The lowest BCUT2D eigenvalue weighted by Gasteiger charge is -2.12. The Hall–Kier alpha value is -0.930. The molecule has 0 amide bonds. The molecule has 0 saturated heterocycles. The molecule has 2 N–H and O–H groups in total. The van der Waals surface area contributed by atoms with Crippen LogP contribution in [0.2, 0.25) is 0 Å². The minimum Gasteiger partial charge on any atom is -0.391 e. The Morgan fingerprint density at radius 3 is 2.62 bits per heavy atom. The van der Waals surface area contributed by atoms with E-state index in [1.807, 2.05) is 37.3 Å². The Balaban J connectivity index is 2.49. The van der Waals surface area contributed by atoms with Gasteiger partial charge in [0.15, 0.2) is 0 Å². The number of nitrogens with two attached hydrogens (primary N) is 1. The van der Waals surface area contributed by atoms with Gasteiger partial charge in [-0.2, -0.15) is 0 Å². The van der Waals surface area contributed by atoms with Gasteiger partial charge in [-0.25, -0.2) is 0 Å². The summed E-state index contributed by atoms with van der Waals surface area (Å²) in [6, 6.07) is 9.98. The van der Waals surface area contributed by atoms with Gasteiger partial charge in [0.25, 0.3) is 0 Å². The SMILES string of the molecule is CC(OCC(N)=S)c1ccccc1. The van der Waals surface area contributed by atoms with Gasteiger partial charge in [0.2, 0.25) is 0 Å². The first kappa shape index (κ1) is 10.2. The van der Waals surface area contributed by atoms with E-state index in [1.54, 1.807) is 0 Å². The third-order valence-corrected chi connectivity index (χ3v) is 1.86. The number of hydrogen-bond donors (Lipinski definition) is 1. The molecule has 0 aliphatic heterocycles. The van der Waals surface area contributed by atoms with Crippen molar-refractivity contribution in [3.63, 3.8) is 0 Å². The van der Waals surface area contributed by atoms with Crippen LogP contribution in [-0.2, 0) is 4.74 Å². The maximum Gasteiger partial charge on any atom is 0.0989 e. The van der Waals surface area contributed by atoms with Crippen molar-refractivity contribution in [3.8, 4) is 0 Å². The van der Waals surface area contributed by atoms with E-state index < -0.39 is 0 Å². The van der Waals surface area contributed by atoms with Crippen LogP contribution in [0.15, 0.2) is 30.3 Å². The maximum atomic E-state index is 5.42. The molecule has 1 atom stereocenters. The maximum absolute atomic E-state index is 5.42. The lowest BCUT2D eigenvalue weighted by atomic mass is 10.1. The number of ether oxygens (including phenoxy) is 1. The Morgan fingerprint density at radius 1 is 1.46 bits per heavy atom. The van der Waals surface area contributed by atoms with E-state index in [1.165, 1.54) is 0 Å². The second-order valence-electron chi connectivity index (χ2n) is 2.83. The van der Waals surface area contributed by atoms with Crippen LogP contribution in [0, 0.1) is 0 Å². The third kappa shape index (κ3) is 3.53. The topological polar surface area (TPSA) is 35.2 Å². The van der Waals surface area contributed by atoms with E-state index in [9.17, 15) is 0 Å². The molecule has 0 radical (unpaired) electrons. The van der Waals surface area contributed by atoms with Gasteiger partial charge in [-0.05, 0) is 12.5 Å². The van der Waals surface area contributed by atoms with Crippen molar-refractivity contribution in [2.75, 3.05) is 6.61 Å². The van der Waals surface area contributed by atoms with Crippen molar-refractivity contribution in [3.05, 3.63) is 35.9 Å². The third-order valence-electron chi connectivity index (χ3n) is 1.74. The van der Waals surface area contributed by atoms with Crippen LogP contribution in [0.1, 0.15) is 18.6 Å². The summed E-state index contributed by atoms with van der Waals surface area (Å²) in [5, 5.41) is 0. The fourth-order valence-corrected chi connectivity index (χ4v) is 1.10. The van der Waals surface area contributed by atoms with Gasteiger partial charge in [-0.1, -0.05) is 42.5 Å². The normalized spacial score (nSPS) is 12.4. The first-order chi connectivity index (χ1) is 6.20. The highest BCUT2D eigenvalue weighted by molar-refractivity contribution is 7.80. The largest absolute Gasteiger partial charge is 0.391 e. The molecule has 1 unspecified atom stereocenters. The average molecular weight is 195 g/mol. The molecule has 1 aromatic carbocycles. The van der Waals surface area contributed by atoms with Crippen LogP contribution in [0.3, 0.4) is 0 Å². The zero-order valence-electron chi connectivity index (χ0n) is 7.57. The fourth-order valence-electron chi connectivity index (χ4n) is 1.03. The van der Waals surface area contributed by atoms with E-state index >= 15 is 0 Å². The lowest BCUT2D eigenvalue weighted by molar-refractivity contribution is 0.0971. The monoisotopic (exact) mass is 195 g/mol. The fraction of sp³-hybridized carbons (Fsp3) is 0.300. The van der Waals surface area contributed by atoms with Crippen molar-refractivity contribution in [2.45, 2.75) is 13.0 Å². The molecule has 0 saturated carbocycles. The molecule has 0 spiro atoms. The van der Waals surface area contributed by atoms with E-state index in [-0.39, 0.29) is 6.10 Å². The summed E-state index contributed by atoms with van der Waals surface area (Å²) < 4.78 is 5.42. The molecule has 0 bridgehead atoms. The Labute approximate surface area is 83.7 Å². The Bertz CT molecular complexity index is 274. The van der Waals surface area contributed by atoms with Crippen LogP contribution in [-0.4, -0.2) is 11.6 Å². The summed E-state index contributed by atoms with van der Waals surface area (Å²) in [5.41, 5.74) is 6.46. The van der Waals surface area contributed by atoms with Crippen molar-refractivity contribution < 1.29 is 4.74 Å². The highest BCUT2D eigenvalue weighted by Gasteiger charge is 2.04. The molecule has 13 heavy (non-hydrogen) atoms. The average Bonchev–Trinajstić information content (AvgIpc) is 2.15. The molecule has 70 valence electrons. The van der Waals surface area contributed by atoms with Gasteiger partial charge in [-0.3, -0.25) is 0 Å². The zero-order chi connectivity index (χ0) is 9.68. The predicted molar refractivity (Wildman–Crippen MR) is 57.6 cm³/mol. The van der Waals surface area contributed by atoms with Crippen molar-refractivity contribution in [2.24, 2.45) is 5.73 Å². The zero-order valence-corrected chi connectivity index (χ0v) is 8.38. The van der Waals surface area contributed by atoms with E-state index in [0.29, 0.717) is 11.6 Å². The quantitative estimate of drug-likeness (QED) is 0.747. The summed E-state index contributed by atoms with van der Waals surface area (Å²) >= 11 is 4.72. The summed E-state index contributed by atoms with van der Waals surface area (Å²) in [6.45, 7) is 2.32. The minimum atomic E-state index is 0.0442. The molecule has 1 rings (SSSR count). The molecule has 0 heterocycles. The lowest BCUT2D eigenvalue weighted by Crippen LogP contribution is -2.17. The van der Waals surface area contributed by atoms with Gasteiger partial charge < -0.3 is 10.5 Å². The highest BCUT2D eigenvalue weighted by Crippen LogP contribution is 2.15. The van der Waals surface area contributed by atoms with Crippen molar-refractivity contribution in [1.82, 2.24) is 0 Å². The van der Waals surface area contributed by atoms with Crippen LogP contribution < -0.4 is 5.73 Å². The van der Waals surface area contributed by atoms with Gasteiger partial charge >= 0.3 is 0 Å². The summed E-state index contributed by atoms with van der Waals surface area (Å²) in [6.07, 6.45) is 0.0442. The molecule has 0 aliphatic rings. The molecule has 3 heteroatoms. The first-order valence-corrected chi connectivity index (χ1v) is 4.56. The number of thiocarbonyl (C=S) groups is 1. The van der Waals surface area contributed by atoms with Crippen LogP contribution in [0.5, 0.6) is 0 Å². The summed E-state index contributed by atoms with van der Waals surface area (Å²) in [5.74, 6) is 0. The smallest absolute Gasteiger partial charge is 0.0989 e. The van der Waals surface area contributed by atoms with E-state index in [2.05, 4.69) is 0 Å². The number of rotatable bonds is 4. The molecule has 0 aliphatic carbocycles. The Morgan fingerprint density at radius 2 is 2.08 bits per heavy atom. The van der Waals surface area contributed by atoms with Crippen molar-refractivity contribution >= 4 is 17.2 Å². The standard InChI is InChI=1S/C10H13NOS/c1-8(12-7-10(11)13)9-5-3-2-4-6-9/h2-6,8H,7H2,1H3,(H2,11,13). The van der Waals surface area contributed by atoms with E-state index in [0.717, 1.165) is 5.56 Å². The molecule has 0 fully saturated rings. The molecular formula is C10H13NOS. The molecule has 1 aromatic rings. The number of hydrogen-bond acceptors (Lipinski definition) is 2. The van der Waals surface area contributed by atoms with Gasteiger partial charge in [-0.15, -0.1) is 0 Å². The second-order valence-corrected chi connectivity index (χ2v) is 3.35. The second kappa shape index (κ2) is 4.94. The van der Waals surface area contributed by atoms with E-state index in [4.69, 9.17) is 22.7 Å². The summed E-state index contributed by atoms with van der Waals surface area (Å²) in [4.78, 5) is 0.391. The first-order valence-electron chi connectivity index (χ1n) is 4.15. The van der Waals surface area contributed by atoms with Gasteiger partial charge in [0.05, 0.1) is 17.7 Å². The molecular weight excluding hydrogens is 182 g/mol. The van der Waals surface area contributed by atoms with Crippen LogP contribution in [0.25, 0.3) is 0 Å². The predicted octanol–water partition coefficient (Wildman–Crippen LogP) is 2.05. The van der Waals surface area contributed by atoms with Gasteiger partial charge in [0, 0.05) is 0 Å². The van der Waals surface area contributed by atoms with Crippen LogP contribution in [0.4, 0.5) is 0 Å².